The largest absolute Gasteiger partial charge is 0.385 e. The van der Waals surface area contributed by atoms with Crippen molar-refractivity contribution in [3.63, 3.8) is 0 Å². The number of nitrogens with zero attached hydrogens (tertiary/aromatic N) is 4. The molecule has 4 rings (SSSR count). The van der Waals surface area contributed by atoms with E-state index in [1.807, 2.05) is 22.7 Å². The van der Waals surface area contributed by atoms with Gasteiger partial charge >= 0.3 is 0 Å². The van der Waals surface area contributed by atoms with Crippen LogP contribution in [-0.2, 0) is 31.6 Å². The molecule has 9 heteroatoms. The molecule has 34 heavy (non-hydrogen) atoms. The highest BCUT2D eigenvalue weighted by molar-refractivity contribution is 6.32. The highest BCUT2D eigenvalue weighted by Crippen LogP contribution is 2.44. The van der Waals surface area contributed by atoms with Crippen molar-refractivity contribution in [1.82, 2.24) is 19.4 Å². The van der Waals surface area contributed by atoms with E-state index < -0.39 is 5.41 Å². The number of carbonyl (C=O) groups is 3. The van der Waals surface area contributed by atoms with Crippen molar-refractivity contribution in [2.45, 2.75) is 50.0 Å². The zero-order valence-corrected chi connectivity index (χ0v) is 20.5. The number of ether oxygens (including phenoxy) is 1. The lowest BCUT2D eigenvalue weighted by molar-refractivity contribution is -0.144. The molecule has 3 heterocycles. The minimum absolute atomic E-state index is 0.0742. The summed E-state index contributed by atoms with van der Waals surface area (Å²) >= 11 is 6.54. The summed E-state index contributed by atoms with van der Waals surface area (Å²) in [6, 6.07) is 6.86. The minimum atomic E-state index is -1.32. The van der Waals surface area contributed by atoms with Crippen molar-refractivity contribution in [3.8, 4) is 0 Å². The van der Waals surface area contributed by atoms with Gasteiger partial charge in [-0.15, -0.1) is 0 Å². The van der Waals surface area contributed by atoms with Gasteiger partial charge in [0.25, 0.3) is 0 Å². The third-order valence-corrected chi connectivity index (χ3v) is 7.29. The molecule has 0 unspecified atom stereocenters. The maximum atomic E-state index is 13.8. The fourth-order valence-corrected chi connectivity index (χ4v) is 5.56. The minimum Gasteiger partial charge on any atom is -0.385 e. The van der Waals surface area contributed by atoms with Gasteiger partial charge in [-0.1, -0.05) is 29.8 Å². The summed E-state index contributed by atoms with van der Waals surface area (Å²) in [6.45, 7) is 1.29. The van der Waals surface area contributed by atoms with E-state index in [-0.39, 0.29) is 43.1 Å². The molecule has 0 bridgehead atoms. The Morgan fingerprint density at radius 1 is 1.26 bits per heavy atom. The van der Waals surface area contributed by atoms with Gasteiger partial charge in [-0.25, -0.2) is 4.98 Å². The SMILES string of the molecule is COCCCN1C(=O)C[C@@](CC(=O)N2CCCC[C@H]2c2nccn2C)(c2ccccc2Cl)C1=O. The van der Waals surface area contributed by atoms with Crippen molar-refractivity contribution in [2.75, 3.05) is 26.8 Å². The fourth-order valence-electron chi connectivity index (χ4n) is 5.24. The first-order chi connectivity index (χ1) is 16.4. The van der Waals surface area contributed by atoms with Crippen LogP contribution < -0.4 is 0 Å². The number of aryl methyl sites for hydroxylation is 1. The van der Waals surface area contributed by atoms with E-state index in [0.717, 1.165) is 25.1 Å². The number of hydrogen-bond donors (Lipinski definition) is 0. The van der Waals surface area contributed by atoms with Gasteiger partial charge in [0.15, 0.2) is 0 Å². The Morgan fingerprint density at radius 2 is 2.06 bits per heavy atom. The number of piperidine rings is 1. The molecule has 0 spiro atoms. The number of aromatic nitrogens is 2. The Labute approximate surface area is 204 Å². The zero-order valence-electron chi connectivity index (χ0n) is 19.7. The lowest BCUT2D eigenvalue weighted by Crippen LogP contribution is -2.46. The van der Waals surface area contributed by atoms with Crippen LogP contribution in [-0.4, -0.2) is 63.9 Å². The van der Waals surface area contributed by atoms with Crippen LogP contribution in [0.15, 0.2) is 36.7 Å². The normalized spacial score (nSPS) is 23.1. The van der Waals surface area contributed by atoms with E-state index in [0.29, 0.717) is 30.2 Å². The van der Waals surface area contributed by atoms with Gasteiger partial charge in [-0.2, -0.15) is 0 Å². The molecule has 2 aliphatic rings. The molecule has 0 aliphatic carbocycles. The first-order valence-electron chi connectivity index (χ1n) is 11.7. The van der Waals surface area contributed by atoms with E-state index in [2.05, 4.69) is 4.98 Å². The number of imidazole rings is 1. The van der Waals surface area contributed by atoms with Crippen LogP contribution in [0.1, 0.15) is 56.0 Å². The van der Waals surface area contributed by atoms with Crippen molar-refractivity contribution < 1.29 is 19.1 Å². The van der Waals surface area contributed by atoms with E-state index >= 15 is 0 Å². The standard InChI is InChI=1S/C25H31ClN4O4/c1-28-14-11-27-23(28)20-10-5-6-12-29(20)21(31)16-25(18-8-3-4-9-19(18)26)17-22(32)30(24(25)33)13-7-15-34-2/h3-4,8-9,11,14,20H,5-7,10,12-13,15-17H2,1-2H3/t20-,25-/m0/s1. The Kier molecular flexibility index (Phi) is 7.38. The second-order valence-corrected chi connectivity index (χ2v) is 9.51. The molecule has 3 amide bonds. The van der Waals surface area contributed by atoms with Gasteiger partial charge in [0.05, 0.1) is 11.5 Å². The summed E-state index contributed by atoms with van der Waals surface area (Å²) in [5, 5.41) is 0.384. The average molecular weight is 487 g/mol. The van der Waals surface area contributed by atoms with Crippen LogP contribution in [0.5, 0.6) is 0 Å². The van der Waals surface area contributed by atoms with Gasteiger partial charge in [0.2, 0.25) is 17.7 Å². The molecule has 2 atom stereocenters. The monoisotopic (exact) mass is 486 g/mol. The number of amides is 3. The van der Waals surface area contributed by atoms with Crippen molar-refractivity contribution in [2.24, 2.45) is 7.05 Å². The van der Waals surface area contributed by atoms with E-state index in [1.54, 1.807) is 37.6 Å². The Morgan fingerprint density at radius 3 is 2.76 bits per heavy atom. The maximum absolute atomic E-state index is 13.8. The molecule has 2 aliphatic heterocycles. The smallest absolute Gasteiger partial charge is 0.240 e. The molecule has 2 aromatic rings. The van der Waals surface area contributed by atoms with Crippen molar-refractivity contribution in [1.29, 1.82) is 0 Å². The Bertz CT molecular complexity index is 1070. The Balaban J connectivity index is 1.67. The summed E-state index contributed by atoms with van der Waals surface area (Å²) in [5.74, 6) is 0.0242. The Hall–Kier alpha value is -2.71. The number of methoxy groups -OCH3 is 1. The lowest BCUT2D eigenvalue weighted by atomic mass is 9.75. The number of hydrogen-bond acceptors (Lipinski definition) is 5. The molecule has 2 saturated heterocycles. The average Bonchev–Trinajstić information content (AvgIpc) is 3.36. The van der Waals surface area contributed by atoms with Gasteiger partial charge in [-0.05, 0) is 37.3 Å². The van der Waals surface area contributed by atoms with Crippen LogP contribution in [0.4, 0.5) is 0 Å². The third-order valence-electron chi connectivity index (χ3n) is 6.96. The van der Waals surface area contributed by atoms with Crippen LogP contribution in [0, 0.1) is 0 Å². The summed E-state index contributed by atoms with van der Waals surface area (Å²) in [4.78, 5) is 48.2. The van der Waals surface area contributed by atoms with E-state index in [4.69, 9.17) is 16.3 Å². The predicted molar refractivity (Wildman–Crippen MR) is 127 cm³/mol. The van der Waals surface area contributed by atoms with Crippen LogP contribution in [0.25, 0.3) is 0 Å². The molecule has 2 fully saturated rings. The summed E-state index contributed by atoms with van der Waals surface area (Å²) in [7, 11) is 3.50. The number of benzene rings is 1. The van der Waals surface area contributed by atoms with Crippen LogP contribution >= 0.6 is 11.6 Å². The molecule has 1 aromatic heterocycles. The third kappa shape index (κ3) is 4.49. The van der Waals surface area contributed by atoms with Crippen molar-refractivity contribution >= 4 is 29.3 Å². The summed E-state index contributed by atoms with van der Waals surface area (Å²) in [6.07, 6.45) is 6.66. The number of carbonyl (C=O) groups excluding carboxylic acids is 3. The summed E-state index contributed by atoms with van der Waals surface area (Å²) in [5.41, 5.74) is -0.786. The van der Waals surface area contributed by atoms with Crippen molar-refractivity contribution in [3.05, 3.63) is 53.1 Å². The van der Waals surface area contributed by atoms with Gasteiger partial charge < -0.3 is 14.2 Å². The number of rotatable bonds is 8. The summed E-state index contributed by atoms with van der Waals surface area (Å²) < 4.78 is 7.02. The van der Waals surface area contributed by atoms with E-state index in [1.165, 1.54) is 4.90 Å². The first-order valence-corrected chi connectivity index (χ1v) is 12.1. The van der Waals surface area contributed by atoms with Gasteiger partial charge in [0.1, 0.15) is 5.82 Å². The molecule has 1 aromatic carbocycles. The van der Waals surface area contributed by atoms with Crippen LogP contribution in [0.2, 0.25) is 5.02 Å². The molecule has 0 saturated carbocycles. The second kappa shape index (κ2) is 10.3. The predicted octanol–water partition coefficient (Wildman–Crippen LogP) is 3.25. The maximum Gasteiger partial charge on any atom is 0.240 e. The van der Waals surface area contributed by atoms with Gasteiger partial charge in [-0.3, -0.25) is 19.3 Å². The lowest BCUT2D eigenvalue weighted by Gasteiger charge is -2.37. The number of imide groups is 1. The van der Waals surface area contributed by atoms with E-state index in [9.17, 15) is 14.4 Å². The molecule has 0 N–H and O–H groups in total. The van der Waals surface area contributed by atoms with Crippen LogP contribution in [0.3, 0.4) is 0 Å². The molecular weight excluding hydrogens is 456 g/mol. The topological polar surface area (TPSA) is 84.7 Å². The highest BCUT2D eigenvalue weighted by Gasteiger charge is 2.55. The molecule has 8 nitrogen and oxygen atoms in total. The number of halogens is 1. The molecule has 0 radical (unpaired) electrons. The first kappa shape index (κ1) is 24.4. The molecular formula is C25H31ClN4O4. The zero-order chi connectivity index (χ0) is 24.3. The second-order valence-electron chi connectivity index (χ2n) is 9.11. The number of likely N-dealkylation sites (tertiary alicyclic amines) is 2. The fraction of sp³-hybridized carbons (Fsp3) is 0.520. The highest BCUT2D eigenvalue weighted by atomic mass is 35.5. The van der Waals surface area contributed by atoms with Gasteiger partial charge in [0, 0.05) is 64.1 Å². The quantitative estimate of drug-likeness (QED) is 0.422. The molecule has 182 valence electrons.